The van der Waals surface area contributed by atoms with Crippen molar-refractivity contribution >= 4 is 23.5 Å². The van der Waals surface area contributed by atoms with Crippen molar-refractivity contribution in [3.63, 3.8) is 0 Å². The van der Waals surface area contributed by atoms with E-state index in [2.05, 4.69) is 6.58 Å². The average Bonchev–Trinajstić information content (AvgIpc) is 3.06. The SMILES string of the molecule is C=CC(=O)OCCOCCOC(C)OC(C)(C)C(=O)c1ccc(Cc2ccc(C(=O)C(C)(C)OC(C)OCCOCCOC(C)=O)cc2)cc1. The van der Waals surface area contributed by atoms with E-state index in [4.69, 9.17) is 37.9 Å². The summed E-state index contributed by atoms with van der Waals surface area (Å²) in [5, 5.41) is 0. The van der Waals surface area contributed by atoms with Gasteiger partial charge in [0.25, 0.3) is 0 Å². The van der Waals surface area contributed by atoms with Gasteiger partial charge in [0.2, 0.25) is 0 Å². The van der Waals surface area contributed by atoms with Crippen molar-refractivity contribution in [1.82, 2.24) is 0 Å². The minimum atomic E-state index is -1.13. The Morgan fingerprint density at radius 2 is 1.00 bits per heavy atom. The Bertz CT molecular complexity index is 1370. The molecule has 0 heterocycles. The van der Waals surface area contributed by atoms with E-state index < -0.39 is 29.8 Å². The van der Waals surface area contributed by atoms with E-state index in [0.29, 0.717) is 24.2 Å². The van der Waals surface area contributed by atoms with Gasteiger partial charge in [-0.05, 0) is 59.1 Å². The second-order valence-electron chi connectivity index (χ2n) is 12.3. The summed E-state index contributed by atoms with van der Waals surface area (Å²) in [4.78, 5) is 48.3. The highest BCUT2D eigenvalue weighted by atomic mass is 16.7. The number of carbonyl (C=O) groups is 4. The van der Waals surface area contributed by atoms with Crippen molar-refractivity contribution in [2.45, 2.75) is 78.7 Å². The van der Waals surface area contributed by atoms with Gasteiger partial charge in [-0.2, -0.15) is 0 Å². The van der Waals surface area contributed by atoms with Crippen LogP contribution in [0.2, 0.25) is 0 Å². The van der Waals surface area contributed by atoms with Crippen LogP contribution in [0.1, 0.15) is 80.3 Å². The monoisotopic (exact) mass is 700 g/mol. The summed E-state index contributed by atoms with van der Waals surface area (Å²) in [6, 6.07) is 14.7. The second kappa shape index (κ2) is 21.4. The Morgan fingerprint density at radius 1 is 0.620 bits per heavy atom. The van der Waals surface area contributed by atoms with E-state index in [9.17, 15) is 19.2 Å². The molecule has 0 saturated carbocycles. The van der Waals surface area contributed by atoms with Gasteiger partial charge in [0.15, 0.2) is 24.1 Å². The van der Waals surface area contributed by atoms with E-state index >= 15 is 0 Å². The molecule has 0 N–H and O–H groups in total. The molecule has 0 aliphatic carbocycles. The summed E-state index contributed by atoms with van der Waals surface area (Å²) in [5.74, 6) is -1.23. The molecular formula is C38H52O12. The van der Waals surface area contributed by atoms with E-state index in [1.54, 1.807) is 65.8 Å². The molecule has 0 bridgehead atoms. The smallest absolute Gasteiger partial charge is 0.330 e. The van der Waals surface area contributed by atoms with Crippen LogP contribution in [0.25, 0.3) is 0 Å². The molecule has 2 atom stereocenters. The Hall–Kier alpha value is -3.78. The fraction of sp³-hybridized carbons (Fsp3) is 0.526. The zero-order chi connectivity index (χ0) is 37.2. The molecule has 0 aromatic heterocycles. The number of Topliss-reactive ketones (excluding diaryl/α,β-unsaturated/α-hetero) is 2. The normalized spacial score (nSPS) is 12.9. The van der Waals surface area contributed by atoms with Crippen LogP contribution in [0, 0.1) is 0 Å². The first-order valence-electron chi connectivity index (χ1n) is 16.6. The molecule has 12 nitrogen and oxygen atoms in total. The topological polar surface area (TPSA) is 142 Å². The van der Waals surface area contributed by atoms with Gasteiger partial charge < -0.3 is 37.9 Å². The number of ketones is 2. The molecule has 2 unspecified atom stereocenters. The molecule has 12 heteroatoms. The number of esters is 2. The first-order chi connectivity index (χ1) is 23.6. The molecule has 2 aromatic rings. The van der Waals surface area contributed by atoms with Gasteiger partial charge in [0.05, 0.1) is 39.6 Å². The Kier molecular flexibility index (Phi) is 18.2. The molecule has 0 fully saturated rings. The van der Waals surface area contributed by atoms with Crippen LogP contribution in [0.3, 0.4) is 0 Å². The van der Waals surface area contributed by atoms with E-state index in [-0.39, 0.29) is 63.8 Å². The predicted octanol–water partition coefficient (Wildman–Crippen LogP) is 5.28. The van der Waals surface area contributed by atoms with Gasteiger partial charge in [0.1, 0.15) is 24.4 Å². The highest BCUT2D eigenvalue weighted by Gasteiger charge is 2.33. The van der Waals surface area contributed by atoms with Crippen molar-refractivity contribution in [1.29, 1.82) is 0 Å². The maximum atomic E-state index is 13.2. The molecule has 0 aliphatic heterocycles. The second-order valence-corrected chi connectivity index (χ2v) is 12.3. The molecule has 0 radical (unpaired) electrons. The number of benzene rings is 2. The molecule has 2 rings (SSSR count). The molecule has 0 aliphatic rings. The average molecular weight is 701 g/mol. The van der Waals surface area contributed by atoms with E-state index in [1.807, 2.05) is 24.3 Å². The van der Waals surface area contributed by atoms with Crippen LogP contribution in [0.15, 0.2) is 61.2 Å². The number of hydrogen-bond donors (Lipinski definition) is 0. The lowest BCUT2D eigenvalue weighted by molar-refractivity contribution is -0.181. The first kappa shape index (κ1) is 42.4. The molecule has 50 heavy (non-hydrogen) atoms. The van der Waals surface area contributed by atoms with Gasteiger partial charge in [0, 0.05) is 24.1 Å². The summed E-state index contributed by atoms with van der Waals surface area (Å²) in [6.45, 7) is 16.8. The fourth-order valence-electron chi connectivity index (χ4n) is 4.74. The van der Waals surface area contributed by atoms with Gasteiger partial charge in [-0.15, -0.1) is 0 Å². The summed E-state index contributed by atoms with van der Waals surface area (Å²) in [6.07, 6.45) is 0.397. The van der Waals surface area contributed by atoms with Gasteiger partial charge in [-0.1, -0.05) is 55.1 Å². The summed E-state index contributed by atoms with van der Waals surface area (Å²) >= 11 is 0. The summed E-state index contributed by atoms with van der Waals surface area (Å²) < 4.78 is 43.4. The largest absolute Gasteiger partial charge is 0.463 e. The summed E-state index contributed by atoms with van der Waals surface area (Å²) in [5.41, 5.74) is 0.768. The first-order valence-corrected chi connectivity index (χ1v) is 16.6. The highest BCUT2D eigenvalue weighted by molar-refractivity contribution is 6.02. The minimum absolute atomic E-state index is 0.123. The van der Waals surface area contributed by atoms with Crippen molar-refractivity contribution in [3.8, 4) is 0 Å². The van der Waals surface area contributed by atoms with Crippen molar-refractivity contribution in [2.75, 3.05) is 52.9 Å². The molecule has 276 valence electrons. The van der Waals surface area contributed by atoms with Gasteiger partial charge in [-0.25, -0.2) is 4.79 Å². The van der Waals surface area contributed by atoms with E-state index in [1.165, 1.54) is 6.92 Å². The third kappa shape index (κ3) is 15.8. The Morgan fingerprint density at radius 3 is 1.38 bits per heavy atom. The lowest BCUT2D eigenvalue weighted by atomic mass is 9.93. The third-order valence-corrected chi connectivity index (χ3v) is 7.19. The van der Waals surface area contributed by atoms with E-state index in [0.717, 1.165) is 17.2 Å². The molecule has 0 saturated heterocycles. The van der Waals surface area contributed by atoms with Crippen LogP contribution < -0.4 is 0 Å². The standard InChI is InChI=1S/C38H52O12/c1-9-34(40)48-25-21-44-20-24-47-29(4)50-38(7,8)36(42)33-16-12-31(13-17-33)26-30-10-14-32(15-11-30)35(41)37(5,6)49-28(3)46-23-19-43-18-22-45-27(2)39/h9-17,28-29H,1,18-26H2,2-8H3. The molecule has 0 amide bonds. The van der Waals surface area contributed by atoms with Crippen molar-refractivity contribution in [2.24, 2.45) is 0 Å². The van der Waals surface area contributed by atoms with Crippen LogP contribution in [-0.4, -0.2) is 100 Å². The molecular weight excluding hydrogens is 648 g/mol. The lowest BCUT2D eigenvalue weighted by Crippen LogP contribution is -2.39. The zero-order valence-electron chi connectivity index (χ0n) is 30.3. The number of rotatable bonds is 25. The minimum Gasteiger partial charge on any atom is -0.463 e. The van der Waals surface area contributed by atoms with Gasteiger partial charge >= 0.3 is 11.9 Å². The highest BCUT2D eigenvalue weighted by Crippen LogP contribution is 2.23. The van der Waals surface area contributed by atoms with Crippen LogP contribution in [0.5, 0.6) is 0 Å². The Balaban J connectivity index is 1.80. The van der Waals surface area contributed by atoms with Gasteiger partial charge in [-0.3, -0.25) is 14.4 Å². The zero-order valence-corrected chi connectivity index (χ0v) is 30.3. The number of hydrogen-bond acceptors (Lipinski definition) is 12. The van der Waals surface area contributed by atoms with Crippen molar-refractivity contribution in [3.05, 3.63) is 83.4 Å². The predicted molar refractivity (Wildman–Crippen MR) is 185 cm³/mol. The fourth-order valence-corrected chi connectivity index (χ4v) is 4.74. The summed E-state index contributed by atoms with van der Waals surface area (Å²) in [7, 11) is 0. The third-order valence-electron chi connectivity index (χ3n) is 7.19. The van der Waals surface area contributed by atoms with Crippen LogP contribution in [0.4, 0.5) is 0 Å². The quantitative estimate of drug-likeness (QED) is 0.0437. The number of carbonyl (C=O) groups excluding carboxylic acids is 4. The van der Waals surface area contributed by atoms with Crippen LogP contribution >= 0.6 is 0 Å². The Labute approximate surface area is 295 Å². The maximum Gasteiger partial charge on any atom is 0.330 e. The maximum absolute atomic E-state index is 13.2. The molecule has 0 spiro atoms. The number of ether oxygens (including phenoxy) is 8. The van der Waals surface area contributed by atoms with Crippen LogP contribution in [-0.2, 0) is 53.9 Å². The lowest BCUT2D eigenvalue weighted by Gasteiger charge is -2.28. The molecule has 2 aromatic carbocycles. The van der Waals surface area contributed by atoms with Crippen molar-refractivity contribution < 1.29 is 57.1 Å².